The number of nitrogens with zero attached hydrogens (tertiary/aromatic N) is 4. The smallest absolute Gasteiger partial charge is 0.322 e. The highest BCUT2D eigenvalue weighted by molar-refractivity contribution is 5.89. The van der Waals surface area contributed by atoms with Crippen LogP contribution in [-0.2, 0) is 9.53 Å². The molecule has 8 heteroatoms. The highest BCUT2D eigenvalue weighted by Gasteiger charge is 2.31. The first-order valence-electron chi connectivity index (χ1n) is 9.79. The Kier molecular flexibility index (Phi) is 6.49. The lowest BCUT2D eigenvalue weighted by Gasteiger charge is -2.35. The Labute approximate surface area is 160 Å². The topological polar surface area (TPSA) is 78.0 Å². The number of rotatable bonds is 5. The normalized spacial score (nSPS) is 19.9. The van der Waals surface area contributed by atoms with Crippen LogP contribution in [0.3, 0.4) is 0 Å². The molecule has 0 radical (unpaired) electrons. The predicted octanol–water partition coefficient (Wildman–Crippen LogP) is 1.78. The van der Waals surface area contributed by atoms with E-state index in [0.29, 0.717) is 38.5 Å². The van der Waals surface area contributed by atoms with E-state index in [1.807, 2.05) is 12.1 Å². The molecule has 0 aromatic carbocycles. The van der Waals surface area contributed by atoms with Crippen molar-refractivity contribution in [3.8, 4) is 0 Å². The average molecular weight is 375 g/mol. The highest BCUT2D eigenvalue weighted by atomic mass is 16.5. The lowest BCUT2D eigenvalue weighted by atomic mass is 10.2. The number of aromatic nitrogens is 1. The number of urea groups is 1. The van der Waals surface area contributed by atoms with Crippen LogP contribution in [0.25, 0.3) is 0 Å². The van der Waals surface area contributed by atoms with Crippen molar-refractivity contribution < 1.29 is 14.3 Å². The zero-order chi connectivity index (χ0) is 19.2. The van der Waals surface area contributed by atoms with Crippen LogP contribution in [-0.4, -0.2) is 78.7 Å². The molecule has 3 rings (SSSR count). The number of anilines is 2. The van der Waals surface area contributed by atoms with Crippen molar-refractivity contribution in [3.63, 3.8) is 0 Å². The molecule has 0 saturated carbocycles. The summed E-state index contributed by atoms with van der Waals surface area (Å²) in [6, 6.07) is 3.63. The molecule has 8 nitrogen and oxygen atoms in total. The van der Waals surface area contributed by atoms with Crippen molar-refractivity contribution in [2.24, 2.45) is 0 Å². The average Bonchev–Trinajstić information content (AvgIpc) is 3.24. The van der Waals surface area contributed by atoms with E-state index in [4.69, 9.17) is 4.74 Å². The van der Waals surface area contributed by atoms with Crippen molar-refractivity contribution >= 4 is 23.4 Å². The Bertz CT molecular complexity index is 633. The van der Waals surface area contributed by atoms with E-state index in [-0.39, 0.29) is 18.0 Å². The summed E-state index contributed by atoms with van der Waals surface area (Å²) in [6.45, 7) is 8.77. The van der Waals surface area contributed by atoms with E-state index in [1.54, 1.807) is 16.0 Å². The number of nitrogens with one attached hydrogen (secondary N) is 1. The fraction of sp³-hybridized carbons (Fsp3) is 0.632. The van der Waals surface area contributed by atoms with Gasteiger partial charge in [0.15, 0.2) is 0 Å². The van der Waals surface area contributed by atoms with Gasteiger partial charge in [-0.15, -0.1) is 0 Å². The van der Waals surface area contributed by atoms with Gasteiger partial charge in [-0.05, 0) is 38.8 Å². The summed E-state index contributed by atoms with van der Waals surface area (Å²) in [7, 11) is 0. The maximum Gasteiger partial charge on any atom is 0.322 e. The van der Waals surface area contributed by atoms with E-state index < -0.39 is 0 Å². The number of hydrogen-bond donors (Lipinski definition) is 1. The zero-order valence-corrected chi connectivity index (χ0v) is 16.2. The molecule has 1 unspecified atom stereocenters. The van der Waals surface area contributed by atoms with Crippen LogP contribution in [0.4, 0.5) is 16.3 Å². The van der Waals surface area contributed by atoms with E-state index in [0.717, 1.165) is 31.7 Å². The van der Waals surface area contributed by atoms with Crippen molar-refractivity contribution in [1.29, 1.82) is 0 Å². The summed E-state index contributed by atoms with van der Waals surface area (Å²) in [6.07, 6.45) is 3.14. The van der Waals surface area contributed by atoms with E-state index in [9.17, 15) is 9.59 Å². The number of carbonyl (C=O) groups excluding carboxylic acids is 2. The van der Waals surface area contributed by atoms with Crippen LogP contribution < -0.4 is 10.2 Å². The monoisotopic (exact) mass is 375 g/mol. The summed E-state index contributed by atoms with van der Waals surface area (Å²) >= 11 is 0. The summed E-state index contributed by atoms with van der Waals surface area (Å²) in [4.78, 5) is 35.0. The van der Waals surface area contributed by atoms with Crippen LogP contribution in [0.5, 0.6) is 0 Å². The third-order valence-corrected chi connectivity index (χ3v) is 5.17. The van der Waals surface area contributed by atoms with Crippen molar-refractivity contribution in [2.75, 3.05) is 56.1 Å². The molecule has 1 atom stereocenters. The van der Waals surface area contributed by atoms with Crippen LogP contribution >= 0.6 is 0 Å². The number of hydrogen-bond acceptors (Lipinski definition) is 5. The molecular formula is C19H29N5O3. The maximum atomic E-state index is 12.5. The van der Waals surface area contributed by atoms with Crippen LogP contribution in [0.1, 0.15) is 26.7 Å². The van der Waals surface area contributed by atoms with Crippen LogP contribution in [0.15, 0.2) is 18.3 Å². The molecule has 0 bridgehead atoms. The largest absolute Gasteiger partial charge is 0.368 e. The molecule has 2 aliphatic heterocycles. The minimum atomic E-state index is -0.291. The van der Waals surface area contributed by atoms with Gasteiger partial charge in [0.1, 0.15) is 11.9 Å². The Morgan fingerprint density at radius 1 is 1.19 bits per heavy atom. The van der Waals surface area contributed by atoms with Gasteiger partial charge >= 0.3 is 6.03 Å². The quantitative estimate of drug-likeness (QED) is 0.849. The summed E-state index contributed by atoms with van der Waals surface area (Å²) < 4.78 is 5.47. The Balaban J connectivity index is 1.48. The molecule has 0 aliphatic carbocycles. The number of carbonyl (C=O) groups is 2. The van der Waals surface area contributed by atoms with Crippen molar-refractivity contribution in [1.82, 2.24) is 14.8 Å². The molecule has 1 N–H and O–H groups in total. The minimum Gasteiger partial charge on any atom is -0.368 e. The van der Waals surface area contributed by atoms with Gasteiger partial charge in [0, 0.05) is 45.9 Å². The SMILES string of the molecule is CCN(CC)c1ccc(NC(=O)N2CCN(C(=O)C3CCCO3)CC2)cn1. The Hall–Kier alpha value is -2.35. The number of amides is 3. The number of piperazine rings is 1. The van der Waals surface area contributed by atoms with Gasteiger partial charge in [-0.25, -0.2) is 9.78 Å². The summed E-state index contributed by atoms with van der Waals surface area (Å²) in [5, 5.41) is 2.89. The zero-order valence-electron chi connectivity index (χ0n) is 16.2. The predicted molar refractivity (Wildman–Crippen MR) is 104 cm³/mol. The van der Waals surface area contributed by atoms with E-state index >= 15 is 0 Å². The third kappa shape index (κ3) is 4.68. The molecule has 27 heavy (non-hydrogen) atoms. The maximum absolute atomic E-state index is 12.5. The van der Waals surface area contributed by atoms with Gasteiger partial charge in [-0.2, -0.15) is 0 Å². The molecule has 1 aromatic rings. The first kappa shape index (κ1) is 19.4. The number of ether oxygens (including phenoxy) is 1. The second-order valence-corrected chi connectivity index (χ2v) is 6.82. The lowest BCUT2D eigenvalue weighted by molar-refractivity contribution is -0.142. The first-order chi connectivity index (χ1) is 13.1. The Morgan fingerprint density at radius 3 is 2.44 bits per heavy atom. The fourth-order valence-corrected chi connectivity index (χ4v) is 3.50. The third-order valence-electron chi connectivity index (χ3n) is 5.17. The van der Waals surface area contributed by atoms with Crippen molar-refractivity contribution in [3.05, 3.63) is 18.3 Å². The molecule has 3 heterocycles. The second kappa shape index (κ2) is 9.03. The summed E-state index contributed by atoms with van der Waals surface area (Å²) in [5.74, 6) is 0.961. The standard InChI is InChI=1S/C19H29N5O3/c1-3-22(4-2)17-8-7-15(14-20-17)21-19(26)24-11-9-23(10-12-24)18(25)16-6-5-13-27-16/h7-8,14,16H,3-6,9-13H2,1-2H3,(H,21,26). The molecule has 0 spiro atoms. The second-order valence-electron chi connectivity index (χ2n) is 6.82. The molecule has 2 fully saturated rings. The van der Waals surface area contributed by atoms with Gasteiger partial charge < -0.3 is 24.8 Å². The molecule has 3 amide bonds. The van der Waals surface area contributed by atoms with Crippen LogP contribution in [0, 0.1) is 0 Å². The Morgan fingerprint density at radius 2 is 1.89 bits per heavy atom. The molecule has 148 valence electrons. The van der Waals surface area contributed by atoms with Gasteiger partial charge in [-0.1, -0.05) is 0 Å². The van der Waals surface area contributed by atoms with E-state index in [2.05, 4.69) is 29.0 Å². The van der Waals surface area contributed by atoms with Gasteiger partial charge in [0.25, 0.3) is 5.91 Å². The van der Waals surface area contributed by atoms with Crippen LogP contribution in [0.2, 0.25) is 0 Å². The molecular weight excluding hydrogens is 346 g/mol. The molecule has 2 saturated heterocycles. The fourth-order valence-electron chi connectivity index (χ4n) is 3.50. The first-order valence-corrected chi connectivity index (χ1v) is 9.79. The van der Waals surface area contributed by atoms with Gasteiger partial charge in [0.05, 0.1) is 11.9 Å². The van der Waals surface area contributed by atoms with Crippen molar-refractivity contribution in [2.45, 2.75) is 32.8 Å². The van der Waals surface area contributed by atoms with Gasteiger partial charge in [-0.3, -0.25) is 4.79 Å². The van der Waals surface area contributed by atoms with Gasteiger partial charge in [0.2, 0.25) is 0 Å². The highest BCUT2D eigenvalue weighted by Crippen LogP contribution is 2.17. The summed E-state index contributed by atoms with van der Waals surface area (Å²) in [5.41, 5.74) is 0.675. The lowest BCUT2D eigenvalue weighted by Crippen LogP contribution is -2.53. The molecule has 1 aromatic heterocycles. The van der Waals surface area contributed by atoms with E-state index in [1.165, 1.54) is 0 Å². The molecule has 2 aliphatic rings. The minimum absolute atomic E-state index is 0.0590. The number of pyridine rings is 1.